The van der Waals surface area contributed by atoms with Crippen LogP contribution in [0.3, 0.4) is 0 Å². The number of hydrazine groups is 2. The first kappa shape index (κ1) is 10.4. The van der Waals surface area contributed by atoms with Gasteiger partial charge < -0.3 is 0 Å². The highest BCUT2D eigenvalue weighted by molar-refractivity contribution is 5.22. The maximum Gasteiger partial charge on any atom is 0.182 e. The predicted molar refractivity (Wildman–Crippen MR) is 46.8 cm³/mol. The van der Waals surface area contributed by atoms with Crippen LogP contribution in [0.25, 0.3) is 0 Å². The third-order valence-corrected chi connectivity index (χ3v) is 1.70. The summed E-state index contributed by atoms with van der Waals surface area (Å²) in [7, 11) is 3.50. The number of hydrogen-bond acceptors (Lipinski definition) is 7. The topological polar surface area (TPSA) is 61.4 Å². The van der Waals surface area contributed by atoms with Gasteiger partial charge in [0.05, 0.1) is 0 Å². The van der Waals surface area contributed by atoms with Crippen LogP contribution in [0.15, 0.2) is 5.10 Å². The van der Waals surface area contributed by atoms with Crippen molar-refractivity contribution in [2.45, 2.75) is 19.3 Å². The van der Waals surface area contributed by atoms with Crippen LogP contribution in [0.1, 0.15) is 6.92 Å². The van der Waals surface area contributed by atoms with Gasteiger partial charge in [-0.15, -0.1) is 10.6 Å². The minimum Gasteiger partial charge on any atom is -0.263 e. The van der Waals surface area contributed by atoms with E-state index in [2.05, 4.69) is 22.8 Å². The molecule has 0 amide bonds. The van der Waals surface area contributed by atoms with Crippen LogP contribution >= 0.6 is 0 Å². The molecule has 76 valence electrons. The molecular formula is C6H15N5O2. The van der Waals surface area contributed by atoms with Gasteiger partial charge in [-0.25, -0.2) is 10.3 Å². The molecule has 1 saturated heterocycles. The van der Waals surface area contributed by atoms with E-state index < -0.39 is 0 Å². The third kappa shape index (κ3) is 2.14. The van der Waals surface area contributed by atoms with Crippen molar-refractivity contribution in [1.82, 2.24) is 21.3 Å². The SMILES string of the molecule is C=NN1OC(C)C(ONNC)N1C. The molecule has 0 saturated carbocycles. The summed E-state index contributed by atoms with van der Waals surface area (Å²) < 4.78 is 0. The van der Waals surface area contributed by atoms with E-state index in [0.717, 1.165) is 0 Å². The minimum absolute atomic E-state index is 0.114. The van der Waals surface area contributed by atoms with Crippen molar-refractivity contribution < 1.29 is 9.68 Å². The van der Waals surface area contributed by atoms with E-state index in [9.17, 15) is 0 Å². The van der Waals surface area contributed by atoms with E-state index in [4.69, 9.17) is 9.68 Å². The molecule has 1 heterocycles. The second kappa shape index (κ2) is 4.49. The fraction of sp³-hybridized carbons (Fsp3) is 0.833. The number of hydrogen-bond donors (Lipinski definition) is 2. The molecule has 7 heteroatoms. The van der Waals surface area contributed by atoms with E-state index in [1.54, 1.807) is 19.1 Å². The van der Waals surface area contributed by atoms with Gasteiger partial charge >= 0.3 is 0 Å². The van der Waals surface area contributed by atoms with Crippen molar-refractivity contribution in [2.75, 3.05) is 14.1 Å². The van der Waals surface area contributed by atoms with E-state index in [-0.39, 0.29) is 12.3 Å². The van der Waals surface area contributed by atoms with Gasteiger partial charge in [-0.05, 0) is 6.92 Å². The highest BCUT2D eigenvalue weighted by Crippen LogP contribution is 2.19. The standard InChI is InChI=1S/C6H15N5O2/c1-5-6(12-9-7-2)10(4)11(8-3)13-5/h5-7,9H,3H2,1-2,4H3. The van der Waals surface area contributed by atoms with Gasteiger partial charge in [-0.1, -0.05) is 5.28 Å². The Labute approximate surface area is 77.1 Å². The quantitative estimate of drug-likeness (QED) is 0.440. The Bertz CT molecular complexity index is 178. The Balaban J connectivity index is 2.48. The normalized spacial score (nSPS) is 29.6. The molecule has 1 aliphatic rings. The third-order valence-electron chi connectivity index (χ3n) is 1.70. The molecule has 1 aliphatic heterocycles. The first-order valence-electron chi connectivity index (χ1n) is 3.94. The summed E-state index contributed by atoms with van der Waals surface area (Å²) in [5.41, 5.74) is 5.18. The number of nitrogens with zero attached hydrogens (tertiary/aromatic N) is 3. The lowest BCUT2D eigenvalue weighted by Crippen LogP contribution is -2.44. The molecule has 0 aromatic carbocycles. The van der Waals surface area contributed by atoms with Gasteiger partial charge in [0.25, 0.3) is 0 Å². The predicted octanol–water partition coefficient (Wildman–Crippen LogP) is -0.934. The number of likely N-dealkylation sites (N-methyl/N-ethyl adjacent to an activating group) is 1. The monoisotopic (exact) mass is 189 g/mol. The molecule has 2 atom stereocenters. The molecule has 0 spiro atoms. The molecule has 0 aliphatic carbocycles. The number of rotatable bonds is 4. The van der Waals surface area contributed by atoms with E-state index in [1.165, 1.54) is 5.28 Å². The highest BCUT2D eigenvalue weighted by Gasteiger charge is 2.37. The van der Waals surface area contributed by atoms with Gasteiger partial charge in [0.1, 0.15) is 6.10 Å². The van der Waals surface area contributed by atoms with Crippen LogP contribution in [-0.2, 0) is 9.68 Å². The van der Waals surface area contributed by atoms with E-state index in [1.807, 2.05) is 6.92 Å². The molecule has 2 unspecified atom stereocenters. The smallest absolute Gasteiger partial charge is 0.182 e. The molecular weight excluding hydrogens is 174 g/mol. The second-order valence-electron chi connectivity index (χ2n) is 2.64. The Morgan fingerprint density at radius 3 is 2.77 bits per heavy atom. The summed E-state index contributed by atoms with van der Waals surface area (Å²) in [5, 5.41) is 6.60. The summed E-state index contributed by atoms with van der Waals surface area (Å²) in [6.07, 6.45) is -0.353. The van der Waals surface area contributed by atoms with Crippen LogP contribution in [-0.4, -0.2) is 43.4 Å². The van der Waals surface area contributed by atoms with Gasteiger partial charge in [-0.2, -0.15) is 5.10 Å². The summed E-state index contributed by atoms with van der Waals surface area (Å²) >= 11 is 0. The molecule has 13 heavy (non-hydrogen) atoms. The van der Waals surface area contributed by atoms with Crippen LogP contribution < -0.4 is 11.0 Å². The fourth-order valence-corrected chi connectivity index (χ4v) is 1.10. The second-order valence-corrected chi connectivity index (χ2v) is 2.64. The van der Waals surface area contributed by atoms with E-state index in [0.29, 0.717) is 0 Å². The molecule has 1 rings (SSSR count). The van der Waals surface area contributed by atoms with Gasteiger partial charge in [0.2, 0.25) is 0 Å². The van der Waals surface area contributed by atoms with Crippen molar-refractivity contribution in [3.63, 3.8) is 0 Å². The Morgan fingerprint density at radius 2 is 2.31 bits per heavy atom. The molecule has 7 nitrogen and oxygen atoms in total. The first-order chi connectivity index (χ1) is 6.20. The average Bonchev–Trinajstić information content (AvgIpc) is 2.39. The van der Waals surface area contributed by atoms with Crippen molar-refractivity contribution in [3.05, 3.63) is 0 Å². The molecule has 0 aromatic rings. The lowest BCUT2D eigenvalue weighted by atomic mass is 10.4. The van der Waals surface area contributed by atoms with Crippen molar-refractivity contribution in [3.8, 4) is 0 Å². The molecule has 1 fully saturated rings. The Hall–Kier alpha value is -0.730. The van der Waals surface area contributed by atoms with Gasteiger partial charge in [0, 0.05) is 20.8 Å². The average molecular weight is 189 g/mol. The van der Waals surface area contributed by atoms with E-state index >= 15 is 0 Å². The lowest BCUT2D eigenvalue weighted by molar-refractivity contribution is -0.235. The number of hydrazone groups is 1. The number of nitrogens with one attached hydrogen (secondary N) is 2. The Morgan fingerprint density at radius 1 is 1.62 bits per heavy atom. The Kier molecular flexibility index (Phi) is 3.58. The summed E-state index contributed by atoms with van der Waals surface area (Å²) in [4.78, 5) is 10.5. The molecule has 2 N–H and O–H groups in total. The maximum absolute atomic E-state index is 5.27. The highest BCUT2D eigenvalue weighted by atomic mass is 16.8. The lowest BCUT2D eigenvalue weighted by Gasteiger charge is -2.21. The van der Waals surface area contributed by atoms with Crippen LogP contribution in [0.2, 0.25) is 0 Å². The maximum atomic E-state index is 5.27. The minimum atomic E-state index is -0.238. The van der Waals surface area contributed by atoms with Crippen molar-refractivity contribution in [2.24, 2.45) is 5.10 Å². The fourth-order valence-electron chi connectivity index (χ4n) is 1.10. The summed E-state index contributed by atoms with van der Waals surface area (Å²) in [5.74, 6) is 0. The van der Waals surface area contributed by atoms with Crippen LogP contribution in [0, 0.1) is 0 Å². The molecule has 0 radical (unpaired) electrons. The molecule has 0 bridgehead atoms. The van der Waals surface area contributed by atoms with Crippen molar-refractivity contribution in [1.29, 1.82) is 0 Å². The zero-order chi connectivity index (χ0) is 9.84. The zero-order valence-electron chi connectivity index (χ0n) is 8.02. The van der Waals surface area contributed by atoms with Crippen LogP contribution in [0.5, 0.6) is 0 Å². The summed E-state index contributed by atoms with van der Waals surface area (Å²) in [6, 6.07) is 0. The van der Waals surface area contributed by atoms with Crippen molar-refractivity contribution >= 4 is 6.72 Å². The van der Waals surface area contributed by atoms with Gasteiger partial charge in [0.15, 0.2) is 6.23 Å². The summed E-state index contributed by atoms with van der Waals surface area (Å²) in [6.45, 7) is 5.24. The first-order valence-corrected chi connectivity index (χ1v) is 3.94. The molecule has 0 aromatic heterocycles. The van der Waals surface area contributed by atoms with Gasteiger partial charge in [-0.3, -0.25) is 4.84 Å². The largest absolute Gasteiger partial charge is 0.263 e. The zero-order valence-corrected chi connectivity index (χ0v) is 8.02. The van der Waals surface area contributed by atoms with Crippen LogP contribution in [0.4, 0.5) is 0 Å².